The van der Waals surface area contributed by atoms with Crippen LogP contribution in [0.5, 0.6) is 0 Å². The van der Waals surface area contributed by atoms with Crippen molar-refractivity contribution in [2.75, 3.05) is 13.6 Å². The van der Waals surface area contributed by atoms with Gasteiger partial charge in [0.05, 0.1) is 11.6 Å². The van der Waals surface area contributed by atoms with Gasteiger partial charge in [0.1, 0.15) is 0 Å². The molecule has 1 heterocycles. The van der Waals surface area contributed by atoms with Crippen molar-refractivity contribution in [3.8, 4) is 6.07 Å². The zero-order valence-electron chi connectivity index (χ0n) is 13.3. The van der Waals surface area contributed by atoms with Crippen molar-refractivity contribution in [1.29, 1.82) is 5.26 Å². The summed E-state index contributed by atoms with van der Waals surface area (Å²) in [6.07, 6.45) is 1.05. The monoisotopic (exact) mass is 304 g/mol. The zero-order valence-corrected chi connectivity index (χ0v) is 13.3. The van der Waals surface area contributed by atoms with Gasteiger partial charge >= 0.3 is 0 Å². The predicted octanol–water partition coefficient (Wildman–Crippen LogP) is 2.69. The second-order valence-corrected chi connectivity index (χ2v) is 5.65. The number of nitrogens with one attached hydrogen (secondary N) is 1. The van der Waals surface area contributed by atoms with Crippen LogP contribution in [0.25, 0.3) is 0 Å². The van der Waals surface area contributed by atoms with Crippen LogP contribution in [0.3, 0.4) is 0 Å². The van der Waals surface area contributed by atoms with Crippen LogP contribution in [0.1, 0.15) is 22.3 Å². The van der Waals surface area contributed by atoms with Crippen molar-refractivity contribution in [2.45, 2.75) is 19.5 Å². The van der Waals surface area contributed by atoms with Crippen LogP contribution < -0.4 is 5.32 Å². The first kappa shape index (κ1) is 15.1. The Hall–Kier alpha value is -2.80. The molecule has 0 saturated carbocycles. The molecule has 23 heavy (non-hydrogen) atoms. The Kier molecular flexibility index (Phi) is 4.58. The van der Waals surface area contributed by atoms with Crippen molar-refractivity contribution < 1.29 is 0 Å². The standard InChI is InChI=1S/C19H20N4/c1-21-19(22-13-16-8-6-15(12-20)7-9-16)23-11-10-17-4-2-3-5-18(17)14-23/h2-9H,10-11,13-14H2,1H3,(H,21,22). The summed E-state index contributed by atoms with van der Waals surface area (Å²) in [6.45, 7) is 2.57. The molecule has 1 aliphatic rings. The predicted molar refractivity (Wildman–Crippen MR) is 91.9 cm³/mol. The molecule has 0 unspecified atom stereocenters. The molecule has 1 aliphatic heterocycles. The van der Waals surface area contributed by atoms with Crippen molar-refractivity contribution >= 4 is 5.96 Å². The number of rotatable bonds is 2. The first-order chi connectivity index (χ1) is 11.3. The highest BCUT2D eigenvalue weighted by Gasteiger charge is 2.18. The topological polar surface area (TPSA) is 51.4 Å². The minimum Gasteiger partial charge on any atom is -0.352 e. The van der Waals surface area contributed by atoms with E-state index in [1.165, 1.54) is 11.1 Å². The van der Waals surface area contributed by atoms with E-state index in [1.807, 2.05) is 31.3 Å². The lowest BCUT2D eigenvalue weighted by molar-refractivity contribution is 0.378. The molecule has 0 amide bonds. The van der Waals surface area contributed by atoms with Crippen molar-refractivity contribution in [3.63, 3.8) is 0 Å². The maximum atomic E-state index is 8.84. The van der Waals surface area contributed by atoms with E-state index in [-0.39, 0.29) is 0 Å². The Morgan fingerprint density at radius 3 is 2.61 bits per heavy atom. The third-order valence-electron chi connectivity index (χ3n) is 4.18. The normalized spacial score (nSPS) is 14.1. The minimum absolute atomic E-state index is 0.686. The number of hydrogen-bond donors (Lipinski definition) is 1. The molecule has 0 fully saturated rings. The van der Waals surface area contributed by atoms with E-state index >= 15 is 0 Å². The van der Waals surface area contributed by atoms with E-state index in [1.54, 1.807) is 0 Å². The number of fused-ring (bicyclic) bond motifs is 1. The Morgan fingerprint density at radius 1 is 1.17 bits per heavy atom. The SMILES string of the molecule is CN=C(NCc1ccc(C#N)cc1)N1CCc2ccccc2C1. The van der Waals surface area contributed by atoms with E-state index < -0.39 is 0 Å². The molecule has 0 atom stereocenters. The van der Waals surface area contributed by atoms with Gasteiger partial charge in [0.15, 0.2) is 5.96 Å². The molecule has 0 spiro atoms. The summed E-state index contributed by atoms with van der Waals surface area (Å²) >= 11 is 0. The maximum absolute atomic E-state index is 8.84. The minimum atomic E-state index is 0.686. The molecule has 0 aromatic heterocycles. The summed E-state index contributed by atoms with van der Waals surface area (Å²) in [5.41, 5.74) is 4.64. The Labute approximate surface area is 137 Å². The van der Waals surface area contributed by atoms with Crippen molar-refractivity contribution in [2.24, 2.45) is 4.99 Å². The molecule has 0 aliphatic carbocycles. The quantitative estimate of drug-likeness (QED) is 0.685. The fraction of sp³-hybridized carbons (Fsp3) is 0.263. The van der Waals surface area contributed by atoms with Crippen molar-refractivity contribution in [3.05, 3.63) is 70.8 Å². The van der Waals surface area contributed by atoms with Gasteiger partial charge in [-0.1, -0.05) is 36.4 Å². The van der Waals surface area contributed by atoms with E-state index in [9.17, 15) is 0 Å². The van der Waals surface area contributed by atoms with Gasteiger partial charge in [-0.2, -0.15) is 5.26 Å². The number of nitrogens with zero attached hydrogens (tertiary/aromatic N) is 3. The number of benzene rings is 2. The highest BCUT2D eigenvalue weighted by molar-refractivity contribution is 5.80. The molecular formula is C19H20N4. The fourth-order valence-corrected chi connectivity index (χ4v) is 2.89. The fourth-order valence-electron chi connectivity index (χ4n) is 2.89. The van der Waals surface area contributed by atoms with Gasteiger partial charge in [-0.05, 0) is 35.2 Å². The average Bonchev–Trinajstić information content (AvgIpc) is 2.62. The van der Waals surface area contributed by atoms with Gasteiger partial charge in [0.25, 0.3) is 0 Å². The Morgan fingerprint density at radius 2 is 1.91 bits per heavy atom. The molecule has 3 rings (SSSR count). The largest absolute Gasteiger partial charge is 0.352 e. The van der Waals surface area contributed by atoms with Gasteiger partial charge in [0.2, 0.25) is 0 Å². The van der Waals surface area contributed by atoms with Gasteiger partial charge < -0.3 is 10.2 Å². The number of guanidine groups is 1. The third kappa shape index (κ3) is 3.51. The highest BCUT2D eigenvalue weighted by atomic mass is 15.3. The molecule has 4 heteroatoms. The number of hydrogen-bond acceptors (Lipinski definition) is 2. The molecule has 2 aromatic carbocycles. The van der Waals surface area contributed by atoms with E-state index in [0.717, 1.165) is 31.0 Å². The smallest absolute Gasteiger partial charge is 0.194 e. The van der Waals surface area contributed by atoms with E-state index in [4.69, 9.17) is 5.26 Å². The van der Waals surface area contributed by atoms with Gasteiger partial charge in [-0.15, -0.1) is 0 Å². The lowest BCUT2D eigenvalue weighted by atomic mass is 10.0. The second kappa shape index (κ2) is 6.97. The highest BCUT2D eigenvalue weighted by Crippen LogP contribution is 2.18. The van der Waals surface area contributed by atoms with Gasteiger partial charge in [0, 0.05) is 26.7 Å². The molecule has 0 bridgehead atoms. The molecule has 4 nitrogen and oxygen atoms in total. The molecule has 0 saturated heterocycles. The second-order valence-electron chi connectivity index (χ2n) is 5.65. The lowest BCUT2D eigenvalue weighted by Crippen LogP contribution is -2.43. The average molecular weight is 304 g/mol. The summed E-state index contributed by atoms with van der Waals surface area (Å²) in [6, 6.07) is 18.4. The Balaban J connectivity index is 1.63. The first-order valence-corrected chi connectivity index (χ1v) is 7.81. The molecule has 1 N–H and O–H groups in total. The Bertz CT molecular complexity index is 741. The van der Waals surface area contributed by atoms with Gasteiger partial charge in [-0.25, -0.2) is 0 Å². The summed E-state index contributed by atoms with van der Waals surface area (Å²) in [5.74, 6) is 0.920. The molecule has 0 radical (unpaired) electrons. The maximum Gasteiger partial charge on any atom is 0.194 e. The first-order valence-electron chi connectivity index (χ1n) is 7.81. The zero-order chi connectivity index (χ0) is 16.1. The van der Waals surface area contributed by atoms with Crippen LogP contribution in [0.15, 0.2) is 53.5 Å². The van der Waals surface area contributed by atoms with E-state index in [0.29, 0.717) is 12.1 Å². The lowest BCUT2D eigenvalue weighted by Gasteiger charge is -2.31. The molecule has 2 aromatic rings. The van der Waals surface area contributed by atoms with Crippen molar-refractivity contribution in [1.82, 2.24) is 10.2 Å². The number of aliphatic imine (C=N–C) groups is 1. The molecule has 116 valence electrons. The van der Waals surface area contributed by atoms with Crippen LogP contribution in [-0.4, -0.2) is 24.5 Å². The molecular weight excluding hydrogens is 284 g/mol. The summed E-state index contributed by atoms with van der Waals surface area (Å²) in [7, 11) is 1.82. The van der Waals surface area contributed by atoms with Crippen LogP contribution in [0.4, 0.5) is 0 Å². The van der Waals surface area contributed by atoms with E-state index in [2.05, 4.69) is 45.5 Å². The summed E-state index contributed by atoms with van der Waals surface area (Å²) in [5, 5.41) is 12.3. The summed E-state index contributed by atoms with van der Waals surface area (Å²) < 4.78 is 0. The summed E-state index contributed by atoms with van der Waals surface area (Å²) in [4.78, 5) is 6.70. The van der Waals surface area contributed by atoms with Crippen LogP contribution in [0, 0.1) is 11.3 Å². The van der Waals surface area contributed by atoms with Crippen LogP contribution in [0.2, 0.25) is 0 Å². The van der Waals surface area contributed by atoms with Crippen LogP contribution in [-0.2, 0) is 19.5 Å². The third-order valence-corrected chi connectivity index (χ3v) is 4.18. The number of nitriles is 1. The van der Waals surface area contributed by atoms with Gasteiger partial charge in [-0.3, -0.25) is 4.99 Å². The van der Waals surface area contributed by atoms with Crippen LogP contribution >= 0.6 is 0 Å².